The maximum absolute atomic E-state index is 4.64. The van der Waals surface area contributed by atoms with Gasteiger partial charge in [-0.2, -0.15) is 0 Å². The molecule has 2 fully saturated rings. The zero-order valence-electron chi connectivity index (χ0n) is 10.6. The zero-order chi connectivity index (χ0) is 11.7. The van der Waals surface area contributed by atoms with Gasteiger partial charge >= 0.3 is 0 Å². The van der Waals surface area contributed by atoms with E-state index in [0.29, 0.717) is 0 Å². The van der Waals surface area contributed by atoms with Crippen LogP contribution in [-0.4, -0.2) is 24.1 Å². The first-order chi connectivity index (χ1) is 8.33. The Kier molecular flexibility index (Phi) is 3.02. The number of aromatic nitrogens is 1. The zero-order valence-corrected chi connectivity index (χ0v) is 10.6. The SMILES string of the molecule is Cc1cc(CNC2CC2)cnc1N1CCCC1. The van der Waals surface area contributed by atoms with Crippen molar-refractivity contribution in [3.63, 3.8) is 0 Å². The molecule has 3 nitrogen and oxygen atoms in total. The summed E-state index contributed by atoms with van der Waals surface area (Å²) in [6.45, 7) is 5.50. The number of anilines is 1. The van der Waals surface area contributed by atoms with Crippen molar-refractivity contribution in [2.75, 3.05) is 18.0 Å². The molecule has 1 N–H and O–H groups in total. The molecule has 1 aliphatic carbocycles. The molecule has 3 heteroatoms. The molecular formula is C14H21N3. The second kappa shape index (κ2) is 4.65. The molecular weight excluding hydrogens is 210 g/mol. The molecule has 0 amide bonds. The van der Waals surface area contributed by atoms with Crippen molar-refractivity contribution in [3.05, 3.63) is 23.4 Å². The van der Waals surface area contributed by atoms with Crippen molar-refractivity contribution in [1.82, 2.24) is 10.3 Å². The summed E-state index contributed by atoms with van der Waals surface area (Å²) < 4.78 is 0. The molecule has 17 heavy (non-hydrogen) atoms. The molecule has 2 aliphatic rings. The van der Waals surface area contributed by atoms with E-state index < -0.39 is 0 Å². The van der Waals surface area contributed by atoms with Crippen molar-refractivity contribution < 1.29 is 0 Å². The molecule has 0 radical (unpaired) electrons. The number of rotatable bonds is 4. The van der Waals surface area contributed by atoms with Gasteiger partial charge in [0.1, 0.15) is 5.82 Å². The van der Waals surface area contributed by atoms with E-state index in [2.05, 4.69) is 28.2 Å². The van der Waals surface area contributed by atoms with E-state index in [1.807, 2.05) is 6.20 Å². The van der Waals surface area contributed by atoms with Crippen molar-refractivity contribution in [2.45, 2.75) is 45.2 Å². The van der Waals surface area contributed by atoms with Gasteiger partial charge in [0, 0.05) is 31.9 Å². The smallest absolute Gasteiger partial charge is 0.131 e. The number of hydrogen-bond acceptors (Lipinski definition) is 3. The molecule has 0 aromatic carbocycles. The van der Waals surface area contributed by atoms with Crippen molar-refractivity contribution in [2.24, 2.45) is 0 Å². The fourth-order valence-electron chi connectivity index (χ4n) is 2.53. The minimum Gasteiger partial charge on any atom is -0.356 e. The maximum atomic E-state index is 4.64. The molecule has 2 heterocycles. The quantitative estimate of drug-likeness (QED) is 0.861. The minimum absolute atomic E-state index is 0.772. The predicted octanol–water partition coefficient (Wildman–Crippen LogP) is 2.24. The highest BCUT2D eigenvalue weighted by Crippen LogP contribution is 2.23. The van der Waals surface area contributed by atoms with Crippen LogP contribution in [-0.2, 0) is 6.54 Å². The Morgan fingerprint density at radius 3 is 2.76 bits per heavy atom. The Balaban J connectivity index is 1.68. The summed E-state index contributed by atoms with van der Waals surface area (Å²) in [7, 11) is 0. The Hall–Kier alpha value is -1.09. The maximum Gasteiger partial charge on any atom is 0.131 e. The van der Waals surface area contributed by atoms with Crippen molar-refractivity contribution >= 4 is 5.82 Å². The predicted molar refractivity (Wildman–Crippen MR) is 70.3 cm³/mol. The largest absolute Gasteiger partial charge is 0.356 e. The molecule has 0 atom stereocenters. The Morgan fingerprint density at radius 2 is 2.12 bits per heavy atom. The van der Waals surface area contributed by atoms with Gasteiger partial charge in [0.2, 0.25) is 0 Å². The first-order valence-electron chi connectivity index (χ1n) is 6.77. The van der Waals surface area contributed by atoms with Crippen LogP contribution < -0.4 is 10.2 Å². The van der Waals surface area contributed by atoms with Crippen LogP contribution in [0, 0.1) is 6.92 Å². The molecule has 0 bridgehead atoms. The van der Waals surface area contributed by atoms with Crippen LogP contribution in [0.2, 0.25) is 0 Å². The molecule has 0 spiro atoms. The summed E-state index contributed by atoms with van der Waals surface area (Å²) in [5.74, 6) is 1.19. The monoisotopic (exact) mass is 231 g/mol. The Labute approximate surface area is 103 Å². The lowest BCUT2D eigenvalue weighted by molar-refractivity contribution is 0.685. The second-order valence-corrected chi connectivity index (χ2v) is 5.33. The molecule has 1 aromatic heterocycles. The number of aryl methyl sites for hydroxylation is 1. The van der Waals surface area contributed by atoms with Gasteiger partial charge in [-0.05, 0) is 49.8 Å². The molecule has 3 rings (SSSR count). The third-order valence-corrected chi connectivity index (χ3v) is 3.69. The lowest BCUT2D eigenvalue weighted by atomic mass is 10.2. The summed E-state index contributed by atoms with van der Waals surface area (Å²) in [5, 5.41) is 3.54. The normalized spacial score (nSPS) is 19.9. The number of hydrogen-bond donors (Lipinski definition) is 1. The first-order valence-corrected chi connectivity index (χ1v) is 6.77. The van der Waals surface area contributed by atoms with Crippen LogP contribution in [0.4, 0.5) is 5.82 Å². The molecule has 92 valence electrons. The Morgan fingerprint density at radius 1 is 1.35 bits per heavy atom. The third kappa shape index (κ3) is 2.60. The van der Waals surface area contributed by atoms with E-state index >= 15 is 0 Å². The van der Waals surface area contributed by atoms with Gasteiger partial charge in [-0.15, -0.1) is 0 Å². The average molecular weight is 231 g/mol. The van der Waals surface area contributed by atoms with Gasteiger partial charge in [-0.1, -0.05) is 0 Å². The van der Waals surface area contributed by atoms with E-state index in [-0.39, 0.29) is 0 Å². The van der Waals surface area contributed by atoms with Gasteiger partial charge in [0.25, 0.3) is 0 Å². The van der Waals surface area contributed by atoms with E-state index in [9.17, 15) is 0 Å². The van der Waals surface area contributed by atoms with Crippen LogP contribution in [0.15, 0.2) is 12.3 Å². The molecule has 0 unspecified atom stereocenters. The van der Waals surface area contributed by atoms with Crippen LogP contribution in [0.3, 0.4) is 0 Å². The summed E-state index contributed by atoms with van der Waals surface area (Å²) in [4.78, 5) is 7.05. The fourth-order valence-corrected chi connectivity index (χ4v) is 2.53. The number of pyridine rings is 1. The van der Waals surface area contributed by atoms with Gasteiger partial charge in [0.15, 0.2) is 0 Å². The highest BCUT2D eigenvalue weighted by molar-refractivity contribution is 5.48. The van der Waals surface area contributed by atoms with E-state index in [1.165, 1.54) is 55.7 Å². The number of nitrogens with zero attached hydrogens (tertiary/aromatic N) is 2. The third-order valence-electron chi connectivity index (χ3n) is 3.69. The minimum atomic E-state index is 0.772. The van der Waals surface area contributed by atoms with Crippen LogP contribution >= 0.6 is 0 Å². The van der Waals surface area contributed by atoms with Crippen molar-refractivity contribution in [3.8, 4) is 0 Å². The highest BCUT2D eigenvalue weighted by Gasteiger charge is 2.20. The summed E-state index contributed by atoms with van der Waals surface area (Å²) >= 11 is 0. The Bertz CT molecular complexity index is 392. The molecule has 1 aliphatic heterocycles. The lowest BCUT2D eigenvalue weighted by Crippen LogP contribution is -2.21. The van der Waals surface area contributed by atoms with E-state index in [4.69, 9.17) is 0 Å². The van der Waals surface area contributed by atoms with Crippen LogP contribution in [0.25, 0.3) is 0 Å². The second-order valence-electron chi connectivity index (χ2n) is 5.33. The fraction of sp³-hybridized carbons (Fsp3) is 0.643. The van der Waals surface area contributed by atoms with Gasteiger partial charge < -0.3 is 10.2 Å². The topological polar surface area (TPSA) is 28.2 Å². The summed E-state index contributed by atoms with van der Waals surface area (Å²) in [6.07, 6.45) is 7.35. The van der Waals surface area contributed by atoms with Crippen LogP contribution in [0.1, 0.15) is 36.8 Å². The van der Waals surface area contributed by atoms with Gasteiger partial charge in [-0.3, -0.25) is 0 Å². The van der Waals surface area contributed by atoms with Crippen LogP contribution in [0.5, 0.6) is 0 Å². The molecule has 1 saturated carbocycles. The number of nitrogens with one attached hydrogen (secondary N) is 1. The average Bonchev–Trinajstić information content (AvgIpc) is 3.01. The van der Waals surface area contributed by atoms with Gasteiger partial charge in [0.05, 0.1) is 0 Å². The highest BCUT2D eigenvalue weighted by atomic mass is 15.2. The standard InChI is InChI=1S/C14H21N3/c1-11-8-12(9-15-13-4-5-13)10-16-14(11)17-6-2-3-7-17/h8,10,13,15H,2-7,9H2,1H3. The molecule has 1 saturated heterocycles. The van der Waals surface area contributed by atoms with Gasteiger partial charge in [-0.25, -0.2) is 4.98 Å². The lowest BCUT2D eigenvalue weighted by Gasteiger charge is -2.19. The van der Waals surface area contributed by atoms with Crippen molar-refractivity contribution in [1.29, 1.82) is 0 Å². The van der Waals surface area contributed by atoms with E-state index in [1.54, 1.807) is 0 Å². The van der Waals surface area contributed by atoms with E-state index in [0.717, 1.165) is 12.6 Å². The molecule has 1 aromatic rings. The summed E-state index contributed by atoms with van der Waals surface area (Å²) in [5.41, 5.74) is 2.64. The first kappa shape index (κ1) is 11.0. The summed E-state index contributed by atoms with van der Waals surface area (Å²) in [6, 6.07) is 3.06.